The van der Waals surface area contributed by atoms with Crippen LogP contribution in [0.2, 0.25) is 0 Å². The number of likely N-dealkylation sites (N-methyl/N-ethyl adjacent to an activating group) is 1. The fourth-order valence-corrected chi connectivity index (χ4v) is 2.22. The fourth-order valence-electron chi connectivity index (χ4n) is 2.22. The first-order valence-electron chi connectivity index (χ1n) is 8.54. The van der Waals surface area contributed by atoms with E-state index in [0.29, 0.717) is 12.6 Å². The smallest absolute Gasteiger partial charge is 0.195 e. The zero-order chi connectivity index (χ0) is 17.9. The molecule has 1 rings (SSSR count). The average Bonchev–Trinajstić information content (AvgIpc) is 2.60. The van der Waals surface area contributed by atoms with E-state index in [1.54, 1.807) is 14.2 Å². The van der Waals surface area contributed by atoms with Crippen molar-refractivity contribution in [1.29, 1.82) is 0 Å². The van der Waals surface area contributed by atoms with Crippen LogP contribution in [0.4, 0.5) is 5.69 Å². The monoisotopic (exact) mass is 336 g/mol. The van der Waals surface area contributed by atoms with Gasteiger partial charge in [-0.15, -0.1) is 0 Å². The molecule has 1 unspecified atom stereocenters. The number of ether oxygens (including phenoxy) is 2. The molecule has 0 saturated heterocycles. The van der Waals surface area contributed by atoms with Crippen molar-refractivity contribution in [2.45, 2.75) is 33.2 Å². The zero-order valence-electron chi connectivity index (χ0n) is 15.8. The van der Waals surface area contributed by atoms with Crippen molar-refractivity contribution in [2.75, 3.05) is 46.2 Å². The van der Waals surface area contributed by atoms with Gasteiger partial charge in [0.25, 0.3) is 0 Å². The molecule has 0 aliphatic rings. The zero-order valence-corrected chi connectivity index (χ0v) is 15.8. The van der Waals surface area contributed by atoms with E-state index in [4.69, 9.17) is 9.47 Å². The molecule has 6 nitrogen and oxygen atoms in total. The maximum Gasteiger partial charge on any atom is 0.195 e. The van der Waals surface area contributed by atoms with Crippen LogP contribution in [0.3, 0.4) is 0 Å². The molecule has 0 aromatic heterocycles. The summed E-state index contributed by atoms with van der Waals surface area (Å²) in [5.41, 5.74) is 0.905. The van der Waals surface area contributed by atoms with Crippen molar-refractivity contribution in [1.82, 2.24) is 10.2 Å². The van der Waals surface area contributed by atoms with Crippen molar-refractivity contribution in [3.8, 4) is 11.5 Å². The number of nitrogens with one attached hydrogen (secondary N) is 2. The number of anilines is 1. The van der Waals surface area contributed by atoms with Gasteiger partial charge in [-0.2, -0.15) is 0 Å². The highest BCUT2D eigenvalue weighted by atomic mass is 16.5. The summed E-state index contributed by atoms with van der Waals surface area (Å²) in [7, 11) is 5.55. The SMILES string of the molecule is CCOc1cc(NC(=NC)NCCN(C)C(C)CC)ccc1OC. The first-order chi connectivity index (χ1) is 11.5. The first kappa shape index (κ1) is 20.1. The van der Waals surface area contributed by atoms with E-state index < -0.39 is 0 Å². The molecule has 0 amide bonds. The van der Waals surface area contributed by atoms with Gasteiger partial charge in [-0.25, -0.2) is 0 Å². The molecule has 0 saturated carbocycles. The van der Waals surface area contributed by atoms with E-state index in [1.165, 1.54) is 0 Å². The van der Waals surface area contributed by atoms with E-state index in [9.17, 15) is 0 Å². The number of methoxy groups -OCH3 is 1. The summed E-state index contributed by atoms with van der Waals surface area (Å²) in [5, 5.41) is 6.61. The Morgan fingerprint density at radius 3 is 2.62 bits per heavy atom. The molecule has 0 spiro atoms. The largest absolute Gasteiger partial charge is 0.493 e. The van der Waals surface area contributed by atoms with Crippen LogP contribution in [0.25, 0.3) is 0 Å². The van der Waals surface area contributed by atoms with Gasteiger partial charge >= 0.3 is 0 Å². The predicted molar refractivity (Wildman–Crippen MR) is 102 cm³/mol. The van der Waals surface area contributed by atoms with Gasteiger partial charge in [0.1, 0.15) is 0 Å². The van der Waals surface area contributed by atoms with Gasteiger partial charge in [-0.1, -0.05) is 6.92 Å². The van der Waals surface area contributed by atoms with Crippen LogP contribution in [0.15, 0.2) is 23.2 Å². The molecule has 6 heteroatoms. The van der Waals surface area contributed by atoms with Crippen molar-refractivity contribution in [3.05, 3.63) is 18.2 Å². The molecular weight excluding hydrogens is 304 g/mol. The highest BCUT2D eigenvalue weighted by Gasteiger charge is 2.08. The van der Waals surface area contributed by atoms with Crippen LogP contribution in [0.5, 0.6) is 11.5 Å². The third kappa shape index (κ3) is 6.28. The van der Waals surface area contributed by atoms with Crippen LogP contribution in [-0.4, -0.2) is 57.8 Å². The lowest BCUT2D eigenvalue weighted by Crippen LogP contribution is -2.39. The van der Waals surface area contributed by atoms with Crippen LogP contribution in [0.1, 0.15) is 27.2 Å². The predicted octanol–water partition coefficient (Wildman–Crippen LogP) is 2.81. The Hall–Kier alpha value is -1.95. The Balaban J connectivity index is 2.61. The number of guanidine groups is 1. The summed E-state index contributed by atoms with van der Waals surface area (Å²) in [6.45, 7) is 8.77. The molecule has 0 aliphatic heterocycles. The molecule has 0 radical (unpaired) electrons. The lowest BCUT2D eigenvalue weighted by Gasteiger charge is -2.24. The Bertz CT molecular complexity index is 520. The van der Waals surface area contributed by atoms with Crippen LogP contribution >= 0.6 is 0 Å². The summed E-state index contributed by atoms with van der Waals surface area (Å²) in [4.78, 5) is 6.60. The summed E-state index contributed by atoms with van der Waals surface area (Å²) < 4.78 is 10.9. The molecule has 136 valence electrons. The Labute approximate surface area is 146 Å². The number of hydrogen-bond acceptors (Lipinski definition) is 4. The molecule has 0 fully saturated rings. The van der Waals surface area contributed by atoms with Gasteiger partial charge in [-0.05, 0) is 39.4 Å². The van der Waals surface area contributed by atoms with E-state index in [1.807, 2.05) is 25.1 Å². The molecular formula is C18H32N4O2. The molecule has 1 atom stereocenters. The minimum Gasteiger partial charge on any atom is -0.493 e. The van der Waals surface area contributed by atoms with Crippen LogP contribution < -0.4 is 20.1 Å². The van der Waals surface area contributed by atoms with Gasteiger partial charge < -0.3 is 25.0 Å². The number of hydrogen-bond donors (Lipinski definition) is 2. The lowest BCUT2D eigenvalue weighted by atomic mass is 10.2. The number of benzene rings is 1. The van der Waals surface area contributed by atoms with Crippen molar-refractivity contribution < 1.29 is 9.47 Å². The molecule has 0 heterocycles. The van der Waals surface area contributed by atoms with Gasteiger partial charge in [-0.3, -0.25) is 4.99 Å². The van der Waals surface area contributed by atoms with E-state index in [2.05, 4.69) is 41.4 Å². The maximum atomic E-state index is 5.60. The number of nitrogens with zero attached hydrogens (tertiary/aromatic N) is 2. The topological polar surface area (TPSA) is 58.1 Å². The lowest BCUT2D eigenvalue weighted by molar-refractivity contribution is 0.256. The van der Waals surface area contributed by atoms with Gasteiger partial charge in [0, 0.05) is 37.9 Å². The first-order valence-corrected chi connectivity index (χ1v) is 8.54. The molecule has 1 aromatic rings. The highest BCUT2D eigenvalue weighted by Crippen LogP contribution is 2.30. The van der Waals surface area contributed by atoms with Crippen LogP contribution in [-0.2, 0) is 0 Å². The molecule has 0 aliphatic carbocycles. The quantitative estimate of drug-likeness (QED) is 0.536. The second kappa shape index (κ2) is 10.8. The van der Waals surface area contributed by atoms with Gasteiger partial charge in [0.15, 0.2) is 17.5 Å². The molecule has 1 aromatic carbocycles. The maximum absolute atomic E-state index is 5.60. The van der Waals surface area contributed by atoms with Crippen LogP contribution in [0, 0.1) is 0 Å². The summed E-state index contributed by atoms with van der Waals surface area (Å²) in [5.74, 6) is 2.18. The highest BCUT2D eigenvalue weighted by molar-refractivity contribution is 5.93. The third-order valence-electron chi connectivity index (χ3n) is 4.05. The summed E-state index contributed by atoms with van der Waals surface area (Å²) in [6, 6.07) is 6.33. The number of rotatable bonds is 9. The fraction of sp³-hybridized carbons (Fsp3) is 0.611. The van der Waals surface area contributed by atoms with Crippen molar-refractivity contribution >= 4 is 11.6 Å². The Morgan fingerprint density at radius 1 is 1.29 bits per heavy atom. The van der Waals surface area contributed by atoms with Crippen molar-refractivity contribution in [3.63, 3.8) is 0 Å². The van der Waals surface area contributed by atoms with E-state index in [0.717, 1.165) is 42.7 Å². The normalized spacial score (nSPS) is 12.9. The minimum absolute atomic E-state index is 0.581. The van der Waals surface area contributed by atoms with Gasteiger partial charge in [0.05, 0.1) is 13.7 Å². The van der Waals surface area contributed by atoms with Crippen molar-refractivity contribution in [2.24, 2.45) is 4.99 Å². The molecule has 2 N–H and O–H groups in total. The Morgan fingerprint density at radius 2 is 2.04 bits per heavy atom. The second-order valence-corrected chi connectivity index (χ2v) is 5.66. The molecule has 0 bridgehead atoms. The Kier molecular flexibility index (Phi) is 9.01. The number of aliphatic imine (C=N–C) groups is 1. The van der Waals surface area contributed by atoms with Gasteiger partial charge in [0.2, 0.25) is 0 Å². The average molecular weight is 336 g/mol. The second-order valence-electron chi connectivity index (χ2n) is 5.66. The third-order valence-corrected chi connectivity index (χ3v) is 4.05. The van der Waals surface area contributed by atoms with E-state index in [-0.39, 0.29) is 0 Å². The van der Waals surface area contributed by atoms with E-state index >= 15 is 0 Å². The molecule has 24 heavy (non-hydrogen) atoms. The summed E-state index contributed by atoms with van der Waals surface area (Å²) in [6.07, 6.45) is 1.15. The minimum atomic E-state index is 0.581. The standard InChI is InChI=1S/C18H32N4O2/c1-7-14(3)22(5)12-11-20-18(19-4)21-15-9-10-16(23-6)17(13-15)24-8-2/h9-10,13-14H,7-8,11-12H2,1-6H3,(H2,19,20,21). The summed E-state index contributed by atoms with van der Waals surface area (Å²) >= 11 is 0.